The Morgan fingerprint density at radius 2 is 1.63 bits per heavy atom. The molecule has 3 aliphatic rings. The molecule has 1 N–H and O–H groups in total. The van der Waals surface area contributed by atoms with Gasteiger partial charge in [0.25, 0.3) is 0 Å². The summed E-state index contributed by atoms with van der Waals surface area (Å²) in [6.45, 7) is 2.64. The van der Waals surface area contributed by atoms with Crippen molar-refractivity contribution < 1.29 is 19.1 Å². The van der Waals surface area contributed by atoms with E-state index in [1.165, 1.54) is 0 Å². The molecule has 1 heterocycles. The molecule has 0 spiro atoms. The van der Waals surface area contributed by atoms with E-state index >= 15 is 0 Å². The van der Waals surface area contributed by atoms with E-state index in [1.54, 1.807) is 0 Å². The highest BCUT2D eigenvalue weighted by molar-refractivity contribution is 9.10. The number of nitrogens with one attached hydrogen (secondary N) is 1. The number of ether oxygens (including phenoxy) is 2. The number of ketones is 2. The number of carbonyl (C=O) groups excluding carboxylic acids is 2. The van der Waals surface area contributed by atoms with E-state index in [4.69, 9.17) is 21.1 Å². The molecule has 0 bridgehead atoms. The average Bonchev–Trinajstić information content (AvgIpc) is 2.84. The monoisotopic (exact) mass is 555 g/mol. The molecule has 0 unspecified atom stereocenters. The number of benzene rings is 2. The van der Waals surface area contributed by atoms with Crippen molar-refractivity contribution in [2.45, 2.75) is 58.0 Å². The molecule has 5 nitrogen and oxygen atoms in total. The second kappa shape index (κ2) is 10.2. The van der Waals surface area contributed by atoms with Gasteiger partial charge >= 0.3 is 0 Å². The van der Waals surface area contributed by atoms with Crippen molar-refractivity contribution >= 4 is 39.1 Å². The van der Waals surface area contributed by atoms with E-state index in [0.29, 0.717) is 53.7 Å². The Hall–Kier alpha value is -2.57. The summed E-state index contributed by atoms with van der Waals surface area (Å²) >= 11 is 10.3. The van der Waals surface area contributed by atoms with Crippen molar-refractivity contribution in [1.29, 1.82) is 0 Å². The van der Waals surface area contributed by atoms with Gasteiger partial charge in [-0.1, -0.05) is 45.7 Å². The Morgan fingerprint density at radius 1 is 0.971 bits per heavy atom. The molecule has 7 heteroatoms. The van der Waals surface area contributed by atoms with Gasteiger partial charge in [-0.25, -0.2) is 0 Å². The highest BCUT2D eigenvalue weighted by atomic mass is 79.9. The third kappa shape index (κ3) is 4.66. The van der Waals surface area contributed by atoms with E-state index in [1.807, 2.05) is 43.3 Å². The molecule has 2 aromatic rings. The van der Waals surface area contributed by atoms with Gasteiger partial charge in [-0.3, -0.25) is 9.59 Å². The molecule has 0 saturated heterocycles. The number of dihydropyridines is 1. The maximum Gasteiger partial charge on any atom is 0.180 e. The lowest BCUT2D eigenvalue weighted by Crippen LogP contribution is -2.36. The molecule has 0 amide bonds. The van der Waals surface area contributed by atoms with Gasteiger partial charge in [-0.15, -0.1) is 0 Å². The SMILES string of the molecule is CCOc1cc(C2C3=C(CCCC3=O)NC3=C2C(=O)CCC3)cc(Cl)c1OCc1ccccc1Br. The van der Waals surface area contributed by atoms with E-state index in [0.717, 1.165) is 52.7 Å². The number of rotatable bonds is 6. The standard InChI is InChI=1S/C28H27BrClNO4/c1-2-34-24-14-17(13-19(30)28(24)35-15-16-7-3-4-8-18(16)29)25-26-20(9-5-11-22(26)32)31-21-10-6-12-23(33)27(21)25/h3-4,7-8,13-14,25,31H,2,5-6,9-12,15H2,1H3. The average molecular weight is 557 g/mol. The second-order valence-corrected chi connectivity index (χ2v) is 10.3. The lowest BCUT2D eigenvalue weighted by atomic mass is 9.71. The van der Waals surface area contributed by atoms with Crippen molar-refractivity contribution in [1.82, 2.24) is 5.32 Å². The van der Waals surface area contributed by atoms with Crippen LogP contribution in [0, 0.1) is 0 Å². The Kier molecular flexibility index (Phi) is 7.03. The third-order valence-electron chi connectivity index (χ3n) is 6.79. The number of hydrogen-bond donors (Lipinski definition) is 1. The van der Waals surface area contributed by atoms with Crippen LogP contribution in [0.2, 0.25) is 5.02 Å². The van der Waals surface area contributed by atoms with Gasteiger partial charge in [-0.2, -0.15) is 0 Å². The first kappa shape index (κ1) is 24.1. The van der Waals surface area contributed by atoms with Crippen LogP contribution in [0.5, 0.6) is 11.5 Å². The first-order valence-electron chi connectivity index (χ1n) is 12.1. The van der Waals surface area contributed by atoms with Gasteiger partial charge in [0, 0.05) is 51.3 Å². The van der Waals surface area contributed by atoms with Crippen molar-refractivity contribution in [3.05, 3.63) is 79.6 Å². The molecule has 2 aliphatic carbocycles. The zero-order chi connectivity index (χ0) is 24.5. The maximum atomic E-state index is 13.1. The molecule has 35 heavy (non-hydrogen) atoms. The molecule has 182 valence electrons. The number of Topliss-reactive ketones (excluding diaryl/α,β-unsaturated/α-hetero) is 2. The fourth-order valence-corrected chi connectivity index (χ4v) is 5.91. The summed E-state index contributed by atoms with van der Waals surface area (Å²) in [5.74, 6) is 0.719. The first-order valence-corrected chi connectivity index (χ1v) is 13.3. The van der Waals surface area contributed by atoms with Crippen molar-refractivity contribution in [2.24, 2.45) is 0 Å². The zero-order valence-corrected chi connectivity index (χ0v) is 21.9. The zero-order valence-electron chi connectivity index (χ0n) is 19.6. The smallest absolute Gasteiger partial charge is 0.180 e. The number of allylic oxidation sites excluding steroid dienone is 4. The van der Waals surface area contributed by atoms with Crippen molar-refractivity contribution in [3.8, 4) is 11.5 Å². The summed E-state index contributed by atoms with van der Waals surface area (Å²) < 4.78 is 13.0. The molecule has 0 atom stereocenters. The van der Waals surface area contributed by atoms with Gasteiger partial charge in [0.05, 0.1) is 11.6 Å². The summed E-state index contributed by atoms with van der Waals surface area (Å²) in [4.78, 5) is 26.2. The van der Waals surface area contributed by atoms with Crippen LogP contribution in [0.4, 0.5) is 0 Å². The minimum atomic E-state index is -0.434. The van der Waals surface area contributed by atoms with Gasteiger partial charge in [0.2, 0.25) is 0 Å². The minimum Gasteiger partial charge on any atom is -0.490 e. The lowest BCUT2D eigenvalue weighted by Gasteiger charge is -2.37. The number of carbonyl (C=O) groups is 2. The van der Waals surface area contributed by atoms with Crippen LogP contribution in [0.3, 0.4) is 0 Å². The predicted molar refractivity (Wildman–Crippen MR) is 139 cm³/mol. The summed E-state index contributed by atoms with van der Waals surface area (Å²) in [5, 5.41) is 3.85. The van der Waals surface area contributed by atoms with Crippen LogP contribution >= 0.6 is 27.5 Å². The van der Waals surface area contributed by atoms with Crippen LogP contribution < -0.4 is 14.8 Å². The van der Waals surface area contributed by atoms with Crippen LogP contribution in [0.1, 0.15) is 62.5 Å². The van der Waals surface area contributed by atoms with Crippen LogP contribution in [-0.4, -0.2) is 18.2 Å². The van der Waals surface area contributed by atoms with Gasteiger partial charge in [-0.05, 0) is 56.4 Å². The van der Waals surface area contributed by atoms with Crippen LogP contribution in [0.25, 0.3) is 0 Å². The second-order valence-electron chi connectivity index (χ2n) is 9.04. The van der Waals surface area contributed by atoms with Crippen molar-refractivity contribution in [3.63, 3.8) is 0 Å². The van der Waals surface area contributed by atoms with E-state index in [9.17, 15) is 9.59 Å². The summed E-state index contributed by atoms with van der Waals surface area (Å²) in [6.07, 6.45) is 4.24. The Morgan fingerprint density at radius 3 is 2.26 bits per heavy atom. The van der Waals surface area contributed by atoms with E-state index < -0.39 is 5.92 Å². The third-order valence-corrected chi connectivity index (χ3v) is 7.84. The fraction of sp³-hybridized carbons (Fsp3) is 0.357. The molecule has 0 radical (unpaired) electrons. The molecule has 2 aromatic carbocycles. The quantitative estimate of drug-likeness (QED) is 0.425. The molecular formula is C28H27BrClNO4. The van der Waals surface area contributed by atoms with Crippen molar-refractivity contribution in [2.75, 3.05) is 6.61 Å². The molecule has 0 saturated carbocycles. The lowest BCUT2D eigenvalue weighted by molar-refractivity contribution is -0.116. The Balaban J connectivity index is 1.58. The Labute approximate surface area is 218 Å². The molecular weight excluding hydrogens is 530 g/mol. The summed E-state index contributed by atoms with van der Waals surface area (Å²) in [5.41, 5.74) is 5.07. The maximum absolute atomic E-state index is 13.1. The minimum absolute atomic E-state index is 0.0945. The van der Waals surface area contributed by atoms with E-state index in [2.05, 4.69) is 21.2 Å². The topological polar surface area (TPSA) is 64.6 Å². The van der Waals surface area contributed by atoms with Crippen LogP contribution in [0.15, 0.2) is 63.4 Å². The predicted octanol–water partition coefficient (Wildman–Crippen LogP) is 6.78. The first-order chi connectivity index (χ1) is 17.0. The number of halogens is 2. The highest BCUT2D eigenvalue weighted by Gasteiger charge is 2.40. The molecule has 0 aromatic heterocycles. The fourth-order valence-electron chi connectivity index (χ4n) is 5.24. The van der Waals surface area contributed by atoms with Gasteiger partial charge < -0.3 is 14.8 Å². The van der Waals surface area contributed by atoms with Gasteiger partial charge in [0.15, 0.2) is 23.1 Å². The molecule has 1 aliphatic heterocycles. The largest absolute Gasteiger partial charge is 0.490 e. The van der Waals surface area contributed by atoms with E-state index in [-0.39, 0.29) is 11.6 Å². The number of hydrogen-bond acceptors (Lipinski definition) is 5. The Bertz CT molecular complexity index is 1220. The van der Waals surface area contributed by atoms with Gasteiger partial charge in [0.1, 0.15) is 6.61 Å². The van der Waals surface area contributed by atoms with Crippen LogP contribution in [-0.2, 0) is 16.2 Å². The normalized spacial score (nSPS) is 18.3. The summed E-state index contributed by atoms with van der Waals surface area (Å²) in [7, 11) is 0. The molecule has 0 fully saturated rings. The summed E-state index contributed by atoms with van der Waals surface area (Å²) in [6, 6.07) is 11.6. The highest BCUT2D eigenvalue weighted by Crippen LogP contribution is 2.48. The molecule has 5 rings (SSSR count).